The van der Waals surface area contributed by atoms with Crippen molar-refractivity contribution in [3.05, 3.63) is 15.6 Å². The third kappa shape index (κ3) is 0.601. The Morgan fingerprint density at radius 1 is 1.30 bits per heavy atom. The summed E-state index contributed by atoms with van der Waals surface area (Å²) in [6, 6.07) is 0. The molecule has 2 heteroatoms. The van der Waals surface area contributed by atoms with Gasteiger partial charge in [-0.1, -0.05) is 13.8 Å². The van der Waals surface area contributed by atoms with Crippen molar-refractivity contribution < 1.29 is 0 Å². The SMILES string of the molecule is Cc1nc2c(s1)C(C)C2C. The molecular formula is C8H11NS. The fraction of sp³-hybridized carbons (Fsp3) is 0.625. The normalized spacial score (nSPS) is 29.5. The maximum Gasteiger partial charge on any atom is 0.0900 e. The first kappa shape index (κ1) is 6.35. The van der Waals surface area contributed by atoms with Gasteiger partial charge in [0.15, 0.2) is 0 Å². The Hall–Kier alpha value is -0.370. The van der Waals surface area contributed by atoms with Crippen molar-refractivity contribution in [1.29, 1.82) is 0 Å². The van der Waals surface area contributed by atoms with Crippen molar-refractivity contribution >= 4 is 11.3 Å². The summed E-state index contributed by atoms with van der Waals surface area (Å²) in [7, 11) is 0. The van der Waals surface area contributed by atoms with E-state index in [0.717, 1.165) is 5.92 Å². The number of fused-ring (bicyclic) bond motifs is 1. The second-order valence-electron chi connectivity index (χ2n) is 3.06. The lowest BCUT2D eigenvalue weighted by atomic mass is 9.79. The summed E-state index contributed by atoms with van der Waals surface area (Å²) in [6.07, 6.45) is 0. The van der Waals surface area contributed by atoms with Crippen molar-refractivity contribution in [3.63, 3.8) is 0 Å². The van der Waals surface area contributed by atoms with Crippen LogP contribution in [0.2, 0.25) is 0 Å². The summed E-state index contributed by atoms with van der Waals surface area (Å²) in [4.78, 5) is 5.97. The summed E-state index contributed by atoms with van der Waals surface area (Å²) >= 11 is 1.86. The molecule has 1 aromatic rings. The number of thiazole rings is 1. The first-order valence-electron chi connectivity index (χ1n) is 3.67. The average molecular weight is 153 g/mol. The minimum absolute atomic E-state index is 0.708. The molecule has 0 fully saturated rings. The van der Waals surface area contributed by atoms with Gasteiger partial charge in [0.25, 0.3) is 0 Å². The number of rotatable bonds is 0. The molecule has 1 aromatic heterocycles. The van der Waals surface area contributed by atoms with Gasteiger partial charge in [-0.05, 0) is 6.92 Å². The summed E-state index contributed by atoms with van der Waals surface area (Å²) in [5.74, 6) is 1.47. The van der Waals surface area contributed by atoms with Gasteiger partial charge in [-0.25, -0.2) is 4.98 Å². The van der Waals surface area contributed by atoms with E-state index in [2.05, 4.69) is 25.8 Å². The molecule has 10 heavy (non-hydrogen) atoms. The number of nitrogens with zero attached hydrogens (tertiary/aromatic N) is 1. The van der Waals surface area contributed by atoms with Gasteiger partial charge in [-0.2, -0.15) is 0 Å². The molecule has 0 saturated heterocycles. The zero-order valence-electron chi connectivity index (χ0n) is 6.51. The quantitative estimate of drug-likeness (QED) is 0.558. The Morgan fingerprint density at radius 2 is 2.00 bits per heavy atom. The number of aryl methyl sites for hydroxylation is 1. The molecule has 0 aliphatic heterocycles. The Kier molecular flexibility index (Phi) is 1.15. The smallest absolute Gasteiger partial charge is 0.0900 e. The predicted octanol–water partition coefficient (Wildman–Crippen LogP) is 2.67. The molecule has 1 heterocycles. The number of hydrogen-bond acceptors (Lipinski definition) is 2. The zero-order chi connectivity index (χ0) is 7.30. The van der Waals surface area contributed by atoms with Gasteiger partial charge in [0, 0.05) is 16.7 Å². The van der Waals surface area contributed by atoms with Crippen LogP contribution in [0.5, 0.6) is 0 Å². The largest absolute Gasteiger partial charge is 0.246 e. The second kappa shape index (κ2) is 1.82. The van der Waals surface area contributed by atoms with Gasteiger partial charge in [-0.3, -0.25) is 0 Å². The third-order valence-electron chi connectivity index (χ3n) is 2.38. The van der Waals surface area contributed by atoms with Crippen LogP contribution in [0.25, 0.3) is 0 Å². The molecule has 0 N–H and O–H groups in total. The molecule has 0 bridgehead atoms. The van der Waals surface area contributed by atoms with E-state index in [1.165, 1.54) is 15.6 Å². The lowest BCUT2D eigenvalue weighted by Gasteiger charge is -2.28. The fourth-order valence-corrected chi connectivity index (χ4v) is 2.67. The van der Waals surface area contributed by atoms with Crippen LogP contribution in [-0.2, 0) is 0 Å². The Balaban J connectivity index is 2.49. The van der Waals surface area contributed by atoms with Gasteiger partial charge >= 0.3 is 0 Å². The van der Waals surface area contributed by atoms with Gasteiger partial charge in [0.1, 0.15) is 0 Å². The number of hydrogen-bond donors (Lipinski definition) is 0. The molecule has 0 radical (unpaired) electrons. The Bertz CT molecular complexity index is 239. The highest BCUT2D eigenvalue weighted by molar-refractivity contribution is 7.12. The minimum atomic E-state index is 0.708. The van der Waals surface area contributed by atoms with Crippen molar-refractivity contribution in [1.82, 2.24) is 4.98 Å². The van der Waals surface area contributed by atoms with Crippen LogP contribution in [-0.4, -0.2) is 4.98 Å². The molecule has 0 spiro atoms. The van der Waals surface area contributed by atoms with E-state index in [0.29, 0.717) is 5.92 Å². The van der Waals surface area contributed by atoms with E-state index >= 15 is 0 Å². The molecular weight excluding hydrogens is 142 g/mol. The maximum absolute atomic E-state index is 4.45. The summed E-state index contributed by atoms with van der Waals surface area (Å²) in [5.41, 5.74) is 1.36. The van der Waals surface area contributed by atoms with Crippen molar-refractivity contribution in [2.24, 2.45) is 0 Å². The molecule has 1 aliphatic rings. The van der Waals surface area contributed by atoms with Crippen molar-refractivity contribution in [2.75, 3.05) is 0 Å². The molecule has 2 rings (SSSR count). The van der Waals surface area contributed by atoms with E-state index in [1.807, 2.05) is 11.3 Å². The molecule has 0 saturated carbocycles. The first-order valence-corrected chi connectivity index (χ1v) is 4.49. The van der Waals surface area contributed by atoms with Gasteiger partial charge in [0.2, 0.25) is 0 Å². The van der Waals surface area contributed by atoms with Crippen LogP contribution >= 0.6 is 11.3 Å². The van der Waals surface area contributed by atoms with Gasteiger partial charge in [-0.15, -0.1) is 11.3 Å². The molecule has 54 valence electrons. The topological polar surface area (TPSA) is 12.9 Å². The van der Waals surface area contributed by atoms with E-state index in [1.54, 1.807) is 0 Å². The monoisotopic (exact) mass is 153 g/mol. The van der Waals surface area contributed by atoms with E-state index in [9.17, 15) is 0 Å². The van der Waals surface area contributed by atoms with Crippen LogP contribution < -0.4 is 0 Å². The van der Waals surface area contributed by atoms with E-state index in [-0.39, 0.29) is 0 Å². The van der Waals surface area contributed by atoms with Crippen molar-refractivity contribution in [2.45, 2.75) is 32.6 Å². The standard InChI is InChI=1S/C8H11NS/c1-4-5(2)8-7(4)9-6(3)10-8/h4-5H,1-3H3. The molecule has 0 aromatic carbocycles. The molecule has 2 unspecified atom stereocenters. The summed E-state index contributed by atoms with van der Waals surface area (Å²) in [5, 5.41) is 1.22. The highest BCUT2D eigenvalue weighted by Crippen LogP contribution is 2.48. The first-order chi connectivity index (χ1) is 4.70. The minimum Gasteiger partial charge on any atom is -0.246 e. The van der Waals surface area contributed by atoms with Crippen LogP contribution in [0.4, 0.5) is 0 Å². The highest BCUT2D eigenvalue weighted by Gasteiger charge is 2.34. The lowest BCUT2D eigenvalue weighted by Crippen LogP contribution is -2.16. The summed E-state index contributed by atoms with van der Waals surface area (Å²) < 4.78 is 0. The third-order valence-corrected chi connectivity index (χ3v) is 3.57. The van der Waals surface area contributed by atoms with Gasteiger partial charge in [0.05, 0.1) is 10.7 Å². The average Bonchev–Trinajstić information content (AvgIpc) is 2.27. The Morgan fingerprint density at radius 3 is 2.60 bits per heavy atom. The van der Waals surface area contributed by atoms with Crippen LogP contribution in [0.15, 0.2) is 0 Å². The second-order valence-corrected chi connectivity index (χ2v) is 4.29. The molecule has 1 aliphatic carbocycles. The van der Waals surface area contributed by atoms with Crippen LogP contribution in [0.3, 0.4) is 0 Å². The van der Waals surface area contributed by atoms with Crippen LogP contribution in [0.1, 0.15) is 41.3 Å². The lowest BCUT2D eigenvalue weighted by molar-refractivity contribution is 0.539. The zero-order valence-corrected chi connectivity index (χ0v) is 7.33. The van der Waals surface area contributed by atoms with E-state index < -0.39 is 0 Å². The molecule has 2 atom stereocenters. The van der Waals surface area contributed by atoms with Crippen LogP contribution in [0, 0.1) is 6.92 Å². The molecule has 1 nitrogen and oxygen atoms in total. The fourth-order valence-electron chi connectivity index (χ4n) is 1.48. The predicted molar refractivity (Wildman–Crippen MR) is 43.7 cm³/mol. The highest BCUT2D eigenvalue weighted by atomic mass is 32.1. The van der Waals surface area contributed by atoms with Gasteiger partial charge < -0.3 is 0 Å². The molecule has 0 amide bonds. The van der Waals surface area contributed by atoms with Crippen molar-refractivity contribution in [3.8, 4) is 0 Å². The maximum atomic E-state index is 4.45. The van der Waals surface area contributed by atoms with E-state index in [4.69, 9.17) is 0 Å². The Labute approximate surface area is 65.1 Å². The number of aromatic nitrogens is 1. The summed E-state index contributed by atoms with van der Waals surface area (Å²) in [6.45, 7) is 6.62.